The highest BCUT2D eigenvalue weighted by Gasteiger charge is 2.24. The fourth-order valence-electron chi connectivity index (χ4n) is 1.78. The van der Waals surface area contributed by atoms with Crippen molar-refractivity contribution in [1.29, 1.82) is 0 Å². The number of hydrogen-bond donors (Lipinski definition) is 1. The highest BCUT2D eigenvalue weighted by atomic mass is 16.5. The monoisotopic (exact) mass is 157 g/mol. The zero-order chi connectivity index (χ0) is 8.27. The van der Waals surface area contributed by atoms with E-state index < -0.39 is 0 Å². The van der Waals surface area contributed by atoms with E-state index >= 15 is 0 Å². The maximum absolute atomic E-state index is 5.28. The summed E-state index contributed by atoms with van der Waals surface area (Å²) < 4.78 is 5.28. The van der Waals surface area contributed by atoms with Crippen molar-refractivity contribution in [2.24, 2.45) is 0 Å². The van der Waals surface area contributed by atoms with Crippen LogP contribution < -0.4 is 5.32 Å². The van der Waals surface area contributed by atoms with Crippen LogP contribution in [0.25, 0.3) is 0 Å². The maximum Gasteiger partial charge on any atom is 0.0586 e. The van der Waals surface area contributed by atoms with Crippen LogP contribution in [-0.2, 0) is 4.74 Å². The molecular weight excluding hydrogens is 138 g/mol. The second kappa shape index (κ2) is 4.07. The van der Waals surface area contributed by atoms with Crippen LogP contribution >= 0.6 is 0 Å². The molecule has 0 aromatic rings. The van der Waals surface area contributed by atoms with Gasteiger partial charge in [0.05, 0.1) is 6.10 Å². The predicted octanol–water partition coefficient (Wildman–Crippen LogP) is 1.55. The molecule has 66 valence electrons. The Labute approximate surface area is 69.3 Å². The molecule has 0 bridgehead atoms. The summed E-state index contributed by atoms with van der Waals surface area (Å²) in [5, 5.41) is 3.53. The van der Waals surface area contributed by atoms with E-state index in [9.17, 15) is 0 Å². The summed E-state index contributed by atoms with van der Waals surface area (Å²) >= 11 is 0. The van der Waals surface area contributed by atoms with Gasteiger partial charge in [-0.15, -0.1) is 0 Å². The third kappa shape index (κ3) is 2.80. The Morgan fingerprint density at radius 1 is 1.36 bits per heavy atom. The van der Waals surface area contributed by atoms with E-state index in [1.165, 1.54) is 19.3 Å². The second-order valence-electron chi connectivity index (χ2n) is 3.69. The Morgan fingerprint density at radius 3 is 2.55 bits per heavy atom. The normalized spacial score (nSPS) is 31.6. The molecule has 2 atom stereocenters. The van der Waals surface area contributed by atoms with Crippen molar-refractivity contribution < 1.29 is 4.74 Å². The summed E-state index contributed by atoms with van der Waals surface area (Å²) in [5.74, 6) is 0. The van der Waals surface area contributed by atoms with E-state index in [1.807, 2.05) is 7.11 Å². The van der Waals surface area contributed by atoms with Crippen molar-refractivity contribution >= 4 is 0 Å². The average Bonchev–Trinajstić information content (AvgIpc) is 2.34. The van der Waals surface area contributed by atoms with E-state index in [-0.39, 0.29) is 0 Å². The Hall–Kier alpha value is -0.0800. The SMILES string of the molecule is CO[C@@H]1CCC(NC(C)C)C1. The van der Waals surface area contributed by atoms with Gasteiger partial charge in [-0.2, -0.15) is 0 Å². The molecule has 0 heterocycles. The van der Waals surface area contributed by atoms with Crippen molar-refractivity contribution in [2.45, 2.75) is 51.3 Å². The molecule has 0 spiro atoms. The van der Waals surface area contributed by atoms with Crippen LogP contribution in [0.4, 0.5) is 0 Å². The fourth-order valence-corrected chi connectivity index (χ4v) is 1.78. The molecule has 0 saturated heterocycles. The lowest BCUT2D eigenvalue weighted by Crippen LogP contribution is -2.33. The van der Waals surface area contributed by atoms with Gasteiger partial charge in [0.2, 0.25) is 0 Å². The Bertz CT molecular complexity index is 114. The molecule has 11 heavy (non-hydrogen) atoms. The molecule has 2 nitrogen and oxygen atoms in total. The quantitative estimate of drug-likeness (QED) is 0.671. The third-order valence-corrected chi connectivity index (χ3v) is 2.29. The fraction of sp³-hybridized carbons (Fsp3) is 1.00. The van der Waals surface area contributed by atoms with E-state index in [0.29, 0.717) is 18.2 Å². The summed E-state index contributed by atoms with van der Waals surface area (Å²) in [4.78, 5) is 0. The molecule has 1 unspecified atom stereocenters. The summed E-state index contributed by atoms with van der Waals surface area (Å²) in [5.41, 5.74) is 0. The Morgan fingerprint density at radius 2 is 2.09 bits per heavy atom. The predicted molar refractivity (Wildman–Crippen MR) is 46.7 cm³/mol. The molecule has 0 aromatic carbocycles. The minimum absolute atomic E-state index is 0.506. The Balaban J connectivity index is 2.19. The molecular formula is C9H19NO. The molecule has 1 rings (SSSR count). The van der Waals surface area contributed by atoms with Gasteiger partial charge in [-0.1, -0.05) is 13.8 Å². The first-order valence-electron chi connectivity index (χ1n) is 4.51. The van der Waals surface area contributed by atoms with Crippen molar-refractivity contribution in [1.82, 2.24) is 5.32 Å². The smallest absolute Gasteiger partial charge is 0.0586 e. The first kappa shape index (κ1) is 9.01. The molecule has 0 radical (unpaired) electrons. The highest BCUT2D eigenvalue weighted by molar-refractivity contribution is 4.81. The molecule has 0 amide bonds. The molecule has 1 aliphatic rings. The van der Waals surface area contributed by atoms with Crippen LogP contribution in [0.15, 0.2) is 0 Å². The van der Waals surface area contributed by atoms with Gasteiger partial charge in [0, 0.05) is 19.2 Å². The lowest BCUT2D eigenvalue weighted by Gasteiger charge is -2.15. The molecule has 1 fully saturated rings. The molecule has 0 aliphatic heterocycles. The number of ether oxygens (including phenoxy) is 1. The van der Waals surface area contributed by atoms with Crippen LogP contribution in [0.2, 0.25) is 0 Å². The first-order chi connectivity index (χ1) is 5.22. The second-order valence-corrected chi connectivity index (χ2v) is 3.69. The van der Waals surface area contributed by atoms with Gasteiger partial charge in [0.1, 0.15) is 0 Å². The topological polar surface area (TPSA) is 21.3 Å². The molecule has 1 saturated carbocycles. The molecule has 2 heteroatoms. The van der Waals surface area contributed by atoms with Crippen molar-refractivity contribution in [3.05, 3.63) is 0 Å². The highest BCUT2D eigenvalue weighted by Crippen LogP contribution is 2.21. The van der Waals surface area contributed by atoms with Crippen molar-refractivity contribution in [3.8, 4) is 0 Å². The third-order valence-electron chi connectivity index (χ3n) is 2.29. The minimum atomic E-state index is 0.506. The van der Waals surface area contributed by atoms with E-state index in [4.69, 9.17) is 4.74 Å². The van der Waals surface area contributed by atoms with Gasteiger partial charge >= 0.3 is 0 Å². The summed E-state index contributed by atoms with van der Waals surface area (Å²) in [6, 6.07) is 1.30. The van der Waals surface area contributed by atoms with Gasteiger partial charge in [-0.3, -0.25) is 0 Å². The van der Waals surface area contributed by atoms with Gasteiger partial charge in [-0.25, -0.2) is 0 Å². The van der Waals surface area contributed by atoms with Gasteiger partial charge in [0.25, 0.3) is 0 Å². The first-order valence-corrected chi connectivity index (χ1v) is 4.51. The minimum Gasteiger partial charge on any atom is -0.381 e. The van der Waals surface area contributed by atoms with Gasteiger partial charge in [0.15, 0.2) is 0 Å². The lowest BCUT2D eigenvalue weighted by molar-refractivity contribution is 0.106. The standard InChI is InChI=1S/C9H19NO/c1-7(2)10-8-4-5-9(6-8)11-3/h7-10H,4-6H2,1-3H3/t8?,9-/m1/s1. The molecule has 1 N–H and O–H groups in total. The van der Waals surface area contributed by atoms with Crippen molar-refractivity contribution in [3.63, 3.8) is 0 Å². The maximum atomic E-state index is 5.28. The molecule has 0 aromatic heterocycles. The van der Waals surface area contributed by atoms with E-state index in [2.05, 4.69) is 19.2 Å². The van der Waals surface area contributed by atoms with E-state index in [1.54, 1.807) is 0 Å². The van der Waals surface area contributed by atoms with Crippen LogP contribution in [0, 0.1) is 0 Å². The molecule has 1 aliphatic carbocycles. The number of hydrogen-bond acceptors (Lipinski definition) is 2. The van der Waals surface area contributed by atoms with Gasteiger partial charge in [-0.05, 0) is 19.3 Å². The largest absolute Gasteiger partial charge is 0.381 e. The lowest BCUT2D eigenvalue weighted by atomic mass is 10.2. The van der Waals surface area contributed by atoms with Crippen LogP contribution in [0.1, 0.15) is 33.1 Å². The van der Waals surface area contributed by atoms with Crippen LogP contribution in [0.5, 0.6) is 0 Å². The van der Waals surface area contributed by atoms with E-state index in [0.717, 1.165) is 0 Å². The number of nitrogens with one attached hydrogen (secondary N) is 1. The zero-order valence-electron chi connectivity index (χ0n) is 7.76. The summed E-state index contributed by atoms with van der Waals surface area (Å²) in [6.45, 7) is 4.39. The summed E-state index contributed by atoms with van der Waals surface area (Å²) in [7, 11) is 1.81. The van der Waals surface area contributed by atoms with Crippen LogP contribution in [0.3, 0.4) is 0 Å². The van der Waals surface area contributed by atoms with Crippen molar-refractivity contribution in [2.75, 3.05) is 7.11 Å². The number of methoxy groups -OCH3 is 1. The number of rotatable bonds is 3. The zero-order valence-corrected chi connectivity index (χ0v) is 7.76. The summed E-state index contributed by atoms with van der Waals surface area (Å²) in [6.07, 6.45) is 4.19. The average molecular weight is 157 g/mol. The Kier molecular flexibility index (Phi) is 3.34. The van der Waals surface area contributed by atoms with Gasteiger partial charge < -0.3 is 10.1 Å². The van der Waals surface area contributed by atoms with Crippen LogP contribution in [-0.4, -0.2) is 25.3 Å².